The molecule has 5 nitrogen and oxygen atoms in total. The van der Waals surface area contributed by atoms with Gasteiger partial charge in [0.1, 0.15) is 5.82 Å². The number of methoxy groups -OCH3 is 1. The average Bonchev–Trinajstić information content (AvgIpc) is 2.42. The van der Waals surface area contributed by atoms with Crippen LogP contribution < -0.4 is 10.5 Å². The van der Waals surface area contributed by atoms with E-state index in [9.17, 15) is 12.8 Å². The lowest BCUT2D eigenvalue weighted by molar-refractivity contribution is 0.185. The number of nitrogens with one attached hydrogen (secondary N) is 1. The number of nitrogen functional groups attached to an aromatic ring is 1. The maximum absolute atomic E-state index is 13.1. The van der Waals surface area contributed by atoms with Crippen molar-refractivity contribution in [3.05, 3.63) is 53.8 Å². The Bertz CT molecular complexity index is 748. The first kappa shape index (κ1) is 15.3. The van der Waals surface area contributed by atoms with Crippen molar-refractivity contribution < 1.29 is 17.5 Å². The molecule has 0 fully saturated rings. The summed E-state index contributed by atoms with van der Waals surface area (Å²) in [5.74, 6) is -0.656. The van der Waals surface area contributed by atoms with E-state index in [4.69, 9.17) is 10.5 Å². The van der Waals surface area contributed by atoms with Crippen molar-refractivity contribution in [2.75, 3.05) is 17.6 Å². The fourth-order valence-corrected chi connectivity index (χ4v) is 2.88. The van der Waals surface area contributed by atoms with Gasteiger partial charge in [0.05, 0.1) is 17.2 Å². The number of anilines is 2. The number of nitrogens with two attached hydrogens (primary N) is 1. The predicted molar refractivity (Wildman–Crippen MR) is 78.8 cm³/mol. The number of hydrogen-bond acceptors (Lipinski definition) is 4. The van der Waals surface area contributed by atoms with E-state index in [0.29, 0.717) is 12.3 Å². The Morgan fingerprint density at radius 3 is 2.67 bits per heavy atom. The molecule has 0 saturated carbocycles. The zero-order chi connectivity index (χ0) is 15.5. The minimum Gasteiger partial charge on any atom is -0.396 e. The van der Waals surface area contributed by atoms with Crippen LogP contribution in [0.1, 0.15) is 5.56 Å². The van der Waals surface area contributed by atoms with Crippen LogP contribution in [0.4, 0.5) is 15.8 Å². The van der Waals surface area contributed by atoms with E-state index >= 15 is 0 Å². The molecule has 0 aliphatic rings. The lowest BCUT2D eigenvalue weighted by atomic mass is 10.2. The van der Waals surface area contributed by atoms with Gasteiger partial charge in [-0.1, -0.05) is 12.1 Å². The number of rotatable bonds is 5. The molecule has 3 N–H and O–H groups in total. The summed E-state index contributed by atoms with van der Waals surface area (Å²) in [7, 11) is -2.27. The first-order valence-electron chi connectivity index (χ1n) is 6.08. The van der Waals surface area contributed by atoms with Gasteiger partial charge in [-0.05, 0) is 35.9 Å². The van der Waals surface area contributed by atoms with E-state index in [1.54, 1.807) is 25.3 Å². The van der Waals surface area contributed by atoms with Crippen LogP contribution in [0.25, 0.3) is 0 Å². The van der Waals surface area contributed by atoms with Gasteiger partial charge >= 0.3 is 0 Å². The van der Waals surface area contributed by atoms with Gasteiger partial charge in [0.2, 0.25) is 0 Å². The molecular weight excluding hydrogens is 295 g/mol. The topological polar surface area (TPSA) is 81.4 Å². The Morgan fingerprint density at radius 2 is 2.00 bits per heavy atom. The van der Waals surface area contributed by atoms with Gasteiger partial charge in [-0.25, -0.2) is 12.8 Å². The molecule has 112 valence electrons. The summed E-state index contributed by atoms with van der Waals surface area (Å²) < 4.78 is 44.9. The molecule has 0 saturated heterocycles. The van der Waals surface area contributed by atoms with Gasteiger partial charge in [0, 0.05) is 12.8 Å². The smallest absolute Gasteiger partial charge is 0.261 e. The van der Waals surface area contributed by atoms with Gasteiger partial charge in [-0.3, -0.25) is 4.72 Å². The molecule has 0 aromatic heterocycles. The number of benzene rings is 2. The molecule has 0 spiro atoms. The van der Waals surface area contributed by atoms with E-state index < -0.39 is 15.8 Å². The second kappa shape index (κ2) is 6.11. The maximum Gasteiger partial charge on any atom is 0.261 e. The zero-order valence-corrected chi connectivity index (χ0v) is 12.2. The molecule has 2 aromatic rings. The van der Waals surface area contributed by atoms with Crippen LogP contribution in [0.3, 0.4) is 0 Å². The zero-order valence-electron chi connectivity index (χ0n) is 11.3. The van der Waals surface area contributed by atoms with Crippen LogP contribution in [0.15, 0.2) is 47.4 Å². The highest BCUT2D eigenvalue weighted by Gasteiger charge is 2.15. The van der Waals surface area contributed by atoms with Crippen molar-refractivity contribution in [2.45, 2.75) is 11.5 Å². The summed E-state index contributed by atoms with van der Waals surface area (Å²) in [4.78, 5) is -0.0986. The Kier molecular flexibility index (Phi) is 4.44. The quantitative estimate of drug-likeness (QED) is 0.831. The molecule has 0 radical (unpaired) electrons. The van der Waals surface area contributed by atoms with Gasteiger partial charge in [-0.2, -0.15) is 0 Å². The predicted octanol–water partition coefficient (Wildman–Crippen LogP) is 2.36. The number of hydrogen-bond donors (Lipinski definition) is 2. The highest BCUT2D eigenvalue weighted by molar-refractivity contribution is 7.92. The molecular formula is C14H15FN2O3S. The monoisotopic (exact) mass is 310 g/mol. The third kappa shape index (κ3) is 3.71. The average molecular weight is 310 g/mol. The Morgan fingerprint density at radius 1 is 1.24 bits per heavy atom. The van der Waals surface area contributed by atoms with E-state index in [1.807, 2.05) is 6.07 Å². The molecule has 0 atom stereocenters. The Hall–Kier alpha value is -2.12. The van der Waals surface area contributed by atoms with Gasteiger partial charge in [0.15, 0.2) is 0 Å². The van der Waals surface area contributed by atoms with Crippen LogP contribution in [0.5, 0.6) is 0 Å². The molecule has 0 aliphatic carbocycles. The van der Waals surface area contributed by atoms with E-state index in [-0.39, 0.29) is 10.6 Å². The molecule has 2 rings (SSSR count). The van der Waals surface area contributed by atoms with Crippen LogP contribution >= 0.6 is 0 Å². The number of ether oxygens (including phenoxy) is 1. The standard InChI is InChI=1S/C14H15FN2O3S/c1-20-9-10-3-2-4-11(7-10)17-21(18,19)12-5-6-13(15)14(16)8-12/h2-8,17H,9,16H2,1H3. The van der Waals surface area contributed by atoms with E-state index in [0.717, 1.165) is 23.8 Å². The lowest BCUT2D eigenvalue weighted by Gasteiger charge is -2.10. The Balaban J connectivity index is 2.28. The summed E-state index contributed by atoms with van der Waals surface area (Å²) in [6.07, 6.45) is 0. The van der Waals surface area contributed by atoms with Crippen LogP contribution in [0, 0.1) is 5.82 Å². The van der Waals surface area contributed by atoms with E-state index in [1.165, 1.54) is 0 Å². The van der Waals surface area contributed by atoms with Crippen molar-refractivity contribution in [2.24, 2.45) is 0 Å². The van der Waals surface area contributed by atoms with Crippen LogP contribution in [-0.2, 0) is 21.4 Å². The maximum atomic E-state index is 13.1. The first-order chi connectivity index (χ1) is 9.92. The Labute approximate surface area is 122 Å². The van der Waals surface area contributed by atoms with E-state index in [2.05, 4.69) is 4.72 Å². The van der Waals surface area contributed by atoms with Crippen LogP contribution in [0.2, 0.25) is 0 Å². The SMILES string of the molecule is COCc1cccc(NS(=O)(=O)c2ccc(F)c(N)c2)c1. The van der Waals surface area contributed by atoms with Gasteiger partial charge < -0.3 is 10.5 Å². The first-order valence-corrected chi connectivity index (χ1v) is 7.56. The number of sulfonamides is 1. The lowest BCUT2D eigenvalue weighted by Crippen LogP contribution is -2.13. The largest absolute Gasteiger partial charge is 0.396 e. The summed E-state index contributed by atoms with van der Waals surface area (Å²) in [6.45, 7) is 0.374. The molecule has 0 bridgehead atoms. The van der Waals surface area contributed by atoms with Crippen molar-refractivity contribution >= 4 is 21.4 Å². The fraction of sp³-hybridized carbons (Fsp3) is 0.143. The highest BCUT2D eigenvalue weighted by Crippen LogP contribution is 2.20. The molecule has 21 heavy (non-hydrogen) atoms. The second-order valence-electron chi connectivity index (χ2n) is 4.42. The summed E-state index contributed by atoms with van der Waals surface area (Å²) in [6, 6.07) is 10.1. The summed E-state index contributed by atoms with van der Waals surface area (Å²) in [5.41, 5.74) is 6.40. The second-order valence-corrected chi connectivity index (χ2v) is 6.10. The minimum absolute atomic E-state index is 0.0986. The molecule has 0 amide bonds. The molecule has 0 unspecified atom stereocenters. The van der Waals surface area contributed by atoms with Gasteiger partial charge in [0.25, 0.3) is 10.0 Å². The summed E-state index contributed by atoms with van der Waals surface area (Å²) in [5, 5.41) is 0. The third-order valence-electron chi connectivity index (χ3n) is 2.77. The molecule has 0 aliphatic heterocycles. The summed E-state index contributed by atoms with van der Waals surface area (Å²) >= 11 is 0. The van der Waals surface area contributed by atoms with Crippen molar-refractivity contribution in [3.63, 3.8) is 0 Å². The van der Waals surface area contributed by atoms with Crippen LogP contribution in [-0.4, -0.2) is 15.5 Å². The number of halogens is 1. The minimum atomic E-state index is -3.82. The molecule has 0 heterocycles. The van der Waals surface area contributed by atoms with Crippen molar-refractivity contribution in [3.8, 4) is 0 Å². The highest BCUT2D eigenvalue weighted by atomic mass is 32.2. The van der Waals surface area contributed by atoms with Crippen molar-refractivity contribution in [1.82, 2.24) is 0 Å². The third-order valence-corrected chi connectivity index (χ3v) is 4.15. The molecule has 7 heteroatoms. The van der Waals surface area contributed by atoms with Gasteiger partial charge in [-0.15, -0.1) is 0 Å². The molecule has 2 aromatic carbocycles. The fourth-order valence-electron chi connectivity index (χ4n) is 1.79. The normalized spacial score (nSPS) is 11.3. The van der Waals surface area contributed by atoms with Crippen molar-refractivity contribution in [1.29, 1.82) is 0 Å².